The number of rotatable bonds is 3. The van der Waals surface area contributed by atoms with Crippen molar-refractivity contribution in [1.82, 2.24) is 14.8 Å². The fourth-order valence-electron chi connectivity index (χ4n) is 2.35. The summed E-state index contributed by atoms with van der Waals surface area (Å²) in [5.74, 6) is -0.696. The summed E-state index contributed by atoms with van der Waals surface area (Å²) in [6, 6.07) is 11.0. The Kier molecular flexibility index (Phi) is 3.31. The number of carbonyl (C=O) groups is 1. The Bertz CT molecular complexity index is 991. The topological polar surface area (TPSA) is 73.0 Å². The van der Waals surface area contributed by atoms with E-state index in [0.717, 1.165) is 5.39 Å². The van der Waals surface area contributed by atoms with Gasteiger partial charge in [-0.3, -0.25) is 4.79 Å². The van der Waals surface area contributed by atoms with Gasteiger partial charge in [0.25, 0.3) is 5.91 Å². The van der Waals surface area contributed by atoms with E-state index in [1.54, 1.807) is 30.6 Å². The second kappa shape index (κ2) is 5.62. The third kappa shape index (κ3) is 2.52. The van der Waals surface area contributed by atoms with Gasteiger partial charge in [0, 0.05) is 23.5 Å². The summed E-state index contributed by atoms with van der Waals surface area (Å²) in [5.41, 5.74) is 1.16. The van der Waals surface area contributed by atoms with Crippen molar-refractivity contribution < 1.29 is 13.6 Å². The van der Waals surface area contributed by atoms with Gasteiger partial charge in [-0.1, -0.05) is 0 Å². The Hall–Kier alpha value is -3.48. The van der Waals surface area contributed by atoms with Crippen molar-refractivity contribution in [3.8, 4) is 5.69 Å². The Morgan fingerprint density at radius 2 is 2.12 bits per heavy atom. The molecule has 24 heavy (non-hydrogen) atoms. The second-order valence-corrected chi connectivity index (χ2v) is 5.09. The molecule has 0 radical (unpaired) electrons. The number of hydrogen-bond acceptors (Lipinski definition) is 4. The Labute approximate surface area is 135 Å². The van der Waals surface area contributed by atoms with Crippen LogP contribution >= 0.6 is 0 Å². The van der Waals surface area contributed by atoms with E-state index in [1.807, 2.05) is 6.07 Å². The number of benzene rings is 1. The Balaban J connectivity index is 1.69. The van der Waals surface area contributed by atoms with Gasteiger partial charge in [0.05, 0.1) is 6.26 Å². The number of nitrogens with one attached hydrogen (secondary N) is 1. The van der Waals surface area contributed by atoms with Gasteiger partial charge in [-0.05, 0) is 42.5 Å². The number of halogens is 1. The first-order valence-electron chi connectivity index (χ1n) is 7.16. The second-order valence-electron chi connectivity index (χ2n) is 5.09. The number of aromatic nitrogens is 3. The molecule has 0 saturated heterocycles. The van der Waals surface area contributed by atoms with Gasteiger partial charge in [-0.15, -0.1) is 5.10 Å². The van der Waals surface area contributed by atoms with Crippen LogP contribution < -0.4 is 5.32 Å². The molecular weight excluding hydrogens is 311 g/mol. The summed E-state index contributed by atoms with van der Waals surface area (Å²) in [5, 5.41) is 7.70. The number of hydrogen-bond donors (Lipinski definition) is 1. The largest absolute Gasteiger partial charge is 0.459 e. The van der Waals surface area contributed by atoms with E-state index < -0.39 is 11.7 Å². The number of furan rings is 1. The van der Waals surface area contributed by atoms with E-state index in [1.165, 1.54) is 29.1 Å². The molecule has 7 heteroatoms. The van der Waals surface area contributed by atoms with Crippen molar-refractivity contribution in [1.29, 1.82) is 0 Å². The lowest BCUT2D eigenvalue weighted by Gasteiger charge is -2.07. The van der Waals surface area contributed by atoms with Crippen LogP contribution in [0.1, 0.15) is 10.6 Å². The highest BCUT2D eigenvalue weighted by Gasteiger charge is 2.12. The quantitative estimate of drug-likeness (QED) is 0.627. The van der Waals surface area contributed by atoms with Gasteiger partial charge in [0.1, 0.15) is 11.5 Å². The van der Waals surface area contributed by atoms with Gasteiger partial charge in [0.2, 0.25) is 0 Å². The van der Waals surface area contributed by atoms with Crippen LogP contribution in [0.5, 0.6) is 0 Å². The van der Waals surface area contributed by atoms with Crippen LogP contribution in [0.2, 0.25) is 0 Å². The molecule has 4 aromatic rings. The molecule has 0 atom stereocenters. The first-order chi connectivity index (χ1) is 11.7. The molecule has 0 saturated carbocycles. The van der Waals surface area contributed by atoms with Crippen LogP contribution in [0.4, 0.5) is 10.1 Å². The highest BCUT2D eigenvalue weighted by molar-refractivity contribution is 6.02. The molecule has 0 unspecified atom stereocenters. The van der Waals surface area contributed by atoms with Crippen LogP contribution in [0.25, 0.3) is 16.7 Å². The van der Waals surface area contributed by atoms with E-state index in [0.29, 0.717) is 11.3 Å². The summed E-state index contributed by atoms with van der Waals surface area (Å²) in [6.07, 6.45) is 4.71. The van der Waals surface area contributed by atoms with Gasteiger partial charge in [-0.2, -0.15) is 0 Å². The average Bonchev–Trinajstić information content (AvgIpc) is 3.25. The van der Waals surface area contributed by atoms with Crippen molar-refractivity contribution in [3.63, 3.8) is 0 Å². The lowest BCUT2D eigenvalue weighted by atomic mass is 10.2. The highest BCUT2D eigenvalue weighted by atomic mass is 19.1. The Morgan fingerprint density at radius 3 is 2.92 bits per heavy atom. The lowest BCUT2D eigenvalue weighted by molar-refractivity contribution is 0.0996. The summed E-state index contributed by atoms with van der Waals surface area (Å²) in [7, 11) is 0. The maximum atomic E-state index is 14.2. The molecule has 4 rings (SSSR count). The number of pyridine rings is 1. The van der Waals surface area contributed by atoms with Gasteiger partial charge >= 0.3 is 0 Å². The van der Waals surface area contributed by atoms with Gasteiger partial charge in [-0.25, -0.2) is 14.1 Å². The van der Waals surface area contributed by atoms with Crippen molar-refractivity contribution in [2.45, 2.75) is 0 Å². The summed E-state index contributed by atoms with van der Waals surface area (Å²) in [4.78, 5) is 16.1. The molecule has 0 bridgehead atoms. The van der Waals surface area contributed by atoms with Crippen molar-refractivity contribution in [2.24, 2.45) is 0 Å². The molecule has 6 nitrogen and oxygen atoms in total. The predicted octanol–water partition coefficient (Wildman–Crippen LogP) is 3.40. The zero-order valence-corrected chi connectivity index (χ0v) is 12.3. The molecule has 1 amide bonds. The lowest BCUT2D eigenvalue weighted by Crippen LogP contribution is -2.11. The number of amides is 1. The van der Waals surface area contributed by atoms with Crippen LogP contribution in [-0.2, 0) is 0 Å². The summed E-state index contributed by atoms with van der Waals surface area (Å²) >= 11 is 0. The minimum Gasteiger partial charge on any atom is -0.459 e. The molecule has 3 heterocycles. The van der Waals surface area contributed by atoms with E-state index >= 15 is 0 Å². The molecule has 0 aliphatic rings. The number of nitrogens with zero attached hydrogens (tertiary/aromatic N) is 3. The van der Waals surface area contributed by atoms with Crippen molar-refractivity contribution >= 4 is 22.6 Å². The van der Waals surface area contributed by atoms with E-state index in [-0.39, 0.29) is 11.4 Å². The molecule has 0 spiro atoms. The van der Waals surface area contributed by atoms with Crippen LogP contribution in [0.3, 0.4) is 0 Å². The first kappa shape index (κ1) is 14.1. The maximum absolute atomic E-state index is 14.2. The van der Waals surface area contributed by atoms with Crippen molar-refractivity contribution in [2.75, 3.05) is 5.32 Å². The van der Waals surface area contributed by atoms with Crippen LogP contribution in [0.15, 0.2) is 65.5 Å². The molecule has 3 aromatic heterocycles. The standard InChI is InChI=1S/C17H11FN4O2/c18-13-6-5-12(20-17(23)15-4-2-8-24-15)9-14(13)22-10-11-3-1-7-19-16(11)21-22/h1-10H,(H,20,23). The normalized spacial score (nSPS) is 10.9. The summed E-state index contributed by atoms with van der Waals surface area (Å²) in [6.45, 7) is 0. The number of carbonyl (C=O) groups excluding carboxylic acids is 1. The highest BCUT2D eigenvalue weighted by Crippen LogP contribution is 2.21. The van der Waals surface area contributed by atoms with Gasteiger partial charge < -0.3 is 9.73 Å². The van der Waals surface area contributed by atoms with E-state index in [9.17, 15) is 9.18 Å². The SMILES string of the molecule is O=C(Nc1ccc(F)c(-n2cc3cccnc3n2)c1)c1ccco1. The number of anilines is 1. The molecule has 118 valence electrons. The monoisotopic (exact) mass is 322 g/mol. The fraction of sp³-hybridized carbons (Fsp3) is 0. The minimum absolute atomic E-state index is 0.176. The first-order valence-corrected chi connectivity index (χ1v) is 7.16. The smallest absolute Gasteiger partial charge is 0.291 e. The van der Waals surface area contributed by atoms with Crippen molar-refractivity contribution in [3.05, 3.63) is 72.7 Å². The molecule has 0 fully saturated rings. The zero-order chi connectivity index (χ0) is 16.5. The third-order valence-corrected chi connectivity index (χ3v) is 3.48. The number of fused-ring (bicyclic) bond motifs is 1. The molecule has 1 N–H and O–H groups in total. The van der Waals surface area contributed by atoms with Gasteiger partial charge in [0.15, 0.2) is 11.4 Å². The average molecular weight is 322 g/mol. The minimum atomic E-state index is -0.459. The van der Waals surface area contributed by atoms with E-state index in [4.69, 9.17) is 4.42 Å². The molecule has 0 aliphatic heterocycles. The molecular formula is C17H11FN4O2. The predicted molar refractivity (Wildman–Crippen MR) is 85.5 cm³/mol. The van der Waals surface area contributed by atoms with E-state index in [2.05, 4.69) is 15.4 Å². The molecule has 1 aromatic carbocycles. The Morgan fingerprint density at radius 1 is 1.21 bits per heavy atom. The third-order valence-electron chi connectivity index (χ3n) is 3.48. The van der Waals surface area contributed by atoms with Crippen LogP contribution in [0, 0.1) is 5.82 Å². The van der Waals surface area contributed by atoms with Crippen LogP contribution in [-0.4, -0.2) is 20.7 Å². The fourth-order valence-corrected chi connectivity index (χ4v) is 2.35. The maximum Gasteiger partial charge on any atom is 0.291 e. The zero-order valence-electron chi connectivity index (χ0n) is 12.3. The molecule has 0 aliphatic carbocycles. The summed E-state index contributed by atoms with van der Waals surface area (Å²) < 4.78 is 20.6.